The fourth-order valence-corrected chi connectivity index (χ4v) is 2.68. The fourth-order valence-electron chi connectivity index (χ4n) is 2.68. The number of likely N-dealkylation sites (tertiary alicyclic amines) is 1. The molecule has 20 heavy (non-hydrogen) atoms. The van der Waals surface area contributed by atoms with Gasteiger partial charge in [-0.3, -0.25) is 15.0 Å². The van der Waals surface area contributed by atoms with Crippen molar-refractivity contribution in [2.45, 2.75) is 38.8 Å². The third-order valence-electron chi connectivity index (χ3n) is 4.06. The topological polar surface area (TPSA) is 58.4 Å². The minimum absolute atomic E-state index is 0.125. The van der Waals surface area contributed by atoms with Crippen LogP contribution in [0.3, 0.4) is 0 Å². The number of nitro groups is 1. The van der Waals surface area contributed by atoms with E-state index in [1.165, 1.54) is 32.0 Å². The lowest BCUT2D eigenvalue weighted by Crippen LogP contribution is -2.39. The molecule has 1 aliphatic rings. The second-order valence-electron chi connectivity index (χ2n) is 5.57. The van der Waals surface area contributed by atoms with E-state index in [0.29, 0.717) is 6.04 Å². The summed E-state index contributed by atoms with van der Waals surface area (Å²) in [5, 5.41) is 14.3. The molecule has 2 rings (SSSR count). The Kier molecular flexibility index (Phi) is 5.09. The number of benzene rings is 1. The van der Waals surface area contributed by atoms with E-state index in [0.717, 1.165) is 12.1 Å². The Balaban J connectivity index is 1.89. The highest BCUT2D eigenvalue weighted by atomic mass is 16.6. The Morgan fingerprint density at radius 1 is 1.35 bits per heavy atom. The summed E-state index contributed by atoms with van der Waals surface area (Å²) < 4.78 is 0. The van der Waals surface area contributed by atoms with E-state index in [4.69, 9.17) is 0 Å². The van der Waals surface area contributed by atoms with Gasteiger partial charge in [0.2, 0.25) is 0 Å². The van der Waals surface area contributed by atoms with Gasteiger partial charge in [-0.15, -0.1) is 0 Å². The van der Waals surface area contributed by atoms with E-state index in [1.807, 2.05) is 6.07 Å². The van der Waals surface area contributed by atoms with Crippen molar-refractivity contribution in [3.63, 3.8) is 0 Å². The highest BCUT2D eigenvalue weighted by molar-refractivity contribution is 5.35. The van der Waals surface area contributed by atoms with Gasteiger partial charge in [-0.1, -0.05) is 12.1 Å². The van der Waals surface area contributed by atoms with Crippen LogP contribution in [0.15, 0.2) is 24.3 Å². The van der Waals surface area contributed by atoms with E-state index in [9.17, 15) is 10.1 Å². The molecular weight excluding hydrogens is 254 g/mol. The maximum Gasteiger partial charge on any atom is 0.269 e. The normalized spacial score (nSPS) is 18.9. The van der Waals surface area contributed by atoms with Crippen LogP contribution in [-0.4, -0.2) is 35.5 Å². The highest BCUT2D eigenvalue weighted by Crippen LogP contribution is 2.19. The molecule has 5 heteroatoms. The molecule has 0 saturated carbocycles. The molecule has 1 fully saturated rings. The van der Waals surface area contributed by atoms with Crippen molar-refractivity contribution >= 4 is 5.69 Å². The molecule has 0 spiro atoms. The first kappa shape index (κ1) is 14.9. The Hall–Kier alpha value is -1.46. The molecule has 5 nitrogen and oxygen atoms in total. The lowest BCUT2D eigenvalue weighted by atomic mass is 10.1. The zero-order valence-corrected chi connectivity index (χ0v) is 12.2. The molecule has 2 atom stereocenters. The first-order chi connectivity index (χ1) is 9.58. The number of nitrogens with zero attached hydrogens (tertiary/aromatic N) is 2. The summed E-state index contributed by atoms with van der Waals surface area (Å²) in [6.07, 6.45) is 2.59. The molecular formula is C15H23N3O2. The van der Waals surface area contributed by atoms with Gasteiger partial charge in [-0.2, -0.15) is 0 Å². The number of non-ortho nitro benzene ring substituents is 1. The molecule has 1 aromatic carbocycles. The van der Waals surface area contributed by atoms with Crippen molar-refractivity contribution in [1.82, 2.24) is 10.2 Å². The van der Waals surface area contributed by atoms with Crippen LogP contribution in [0.25, 0.3) is 0 Å². The minimum atomic E-state index is -0.344. The number of hydrogen-bond acceptors (Lipinski definition) is 4. The van der Waals surface area contributed by atoms with Gasteiger partial charge in [0.1, 0.15) is 0 Å². The van der Waals surface area contributed by atoms with Crippen molar-refractivity contribution in [1.29, 1.82) is 0 Å². The van der Waals surface area contributed by atoms with Gasteiger partial charge < -0.3 is 5.32 Å². The number of hydrogen-bond donors (Lipinski definition) is 1. The molecule has 1 aromatic rings. The van der Waals surface area contributed by atoms with Gasteiger partial charge in [0.25, 0.3) is 5.69 Å². The maximum atomic E-state index is 10.8. The minimum Gasteiger partial charge on any atom is -0.309 e. The summed E-state index contributed by atoms with van der Waals surface area (Å²) in [6, 6.07) is 7.50. The van der Waals surface area contributed by atoms with Crippen LogP contribution < -0.4 is 5.32 Å². The lowest BCUT2D eigenvalue weighted by Gasteiger charge is -2.25. The standard InChI is InChI=1S/C15H23N3O2/c1-12(17-8-3-4-9-17)11-16-13(2)14-6-5-7-15(10-14)18(19)20/h5-7,10,12-13,16H,3-4,8-9,11H2,1-2H3. The van der Waals surface area contributed by atoms with E-state index in [1.54, 1.807) is 12.1 Å². The molecule has 2 unspecified atom stereocenters. The predicted molar refractivity (Wildman–Crippen MR) is 79.8 cm³/mol. The average Bonchev–Trinajstić information content (AvgIpc) is 2.98. The first-order valence-corrected chi connectivity index (χ1v) is 7.29. The summed E-state index contributed by atoms with van der Waals surface area (Å²) >= 11 is 0. The van der Waals surface area contributed by atoms with Crippen LogP contribution in [-0.2, 0) is 0 Å². The molecule has 0 aliphatic carbocycles. The highest BCUT2D eigenvalue weighted by Gasteiger charge is 2.18. The number of nitro benzene ring substituents is 1. The van der Waals surface area contributed by atoms with Crippen LogP contribution in [0.1, 0.15) is 38.3 Å². The van der Waals surface area contributed by atoms with Crippen molar-refractivity contribution < 1.29 is 4.92 Å². The molecule has 1 aliphatic heterocycles. The number of nitrogens with one attached hydrogen (secondary N) is 1. The monoisotopic (exact) mass is 277 g/mol. The predicted octanol–water partition coefficient (Wildman–Crippen LogP) is 2.73. The van der Waals surface area contributed by atoms with E-state index in [2.05, 4.69) is 24.1 Å². The van der Waals surface area contributed by atoms with Crippen LogP contribution in [0.2, 0.25) is 0 Å². The van der Waals surface area contributed by atoms with Gasteiger partial charge in [0, 0.05) is 30.8 Å². The summed E-state index contributed by atoms with van der Waals surface area (Å²) in [6.45, 7) is 7.57. The van der Waals surface area contributed by atoms with Crippen molar-refractivity contribution in [2.75, 3.05) is 19.6 Å². The third-order valence-corrected chi connectivity index (χ3v) is 4.06. The summed E-state index contributed by atoms with van der Waals surface area (Å²) in [5.74, 6) is 0. The van der Waals surface area contributed by atoms with Gasteiger partial charge in [0.05, 0.1) is 4.92 Å². The third kappa shape index (κ3) is 3.77. The Bertz CT molecular complexity index is 458. The fraction of sp³-hybridized carbons (Fsp3) is 0.600. The second kappa shape index (κ2) is 6.81. The summed E-state index contributed by atoms with van der Waals surface area (Å²) in [7, 11) is 0. The van der Waals surface area contributed by atoms with E-state index in [-0.39, 0.29) is 16.7 Å². The van der Waals surface area contributed by atoms with Crippen LogP contribution in [0.5, 0.6) is 0 Å². The van der Waals surface area contributed by atoms with E-state index >= 15 is 0 Å². The summed E-state index contributed by atoms with van der Waals surface area (Å²) in [4.78, 5) is 12.9. The van der Waals surface area contributed by atoms with E-state index < -0.39 is 0 Å². The van der Waals surface area contributed by atoms with Gasteiger partial charge in [0.15, 0.2) is 0 Å². The SMILES string of the molecule is CC(NCC(C)N1CCCC1)c1cccc([N+](=O)[O-])c1. The van der Waals surface area contributed by atoms with Crippen LogP contribution in [0, 0.1) is 10.1 Å². The Labute approximate surface area is 120 Å². The molecule has 1 heterocycles. The molecule has 0 bridgehead atoms. The quantitative estimate of drug-likeness (QED) is 0.641. The molecule has 1 saturated heterocycles. The van der Waals surface area contributed by atoms with Crippen LogP contribution >= 0.6 is 0 Å². The van der Waals surface area contributed by atoms with Crippen LogP contribution in [0.4, 0.5) is 5.69 Å². The lowest BCUT2D eigenvalue weighted by molar-refractivity contribution is -0.384. The zero-order chi connectivity index (χ0) is 14.5. The Morgan fingerprint density at radius 3 is 2.70 bits per heavy atom. The average molecular weight is 277 g/mol. The largest absolute Gasteiger partial charge is 0.309 e. The molecule has 0 aromatic heterocycles. The van der Waals surface area contributed by atoms with Crippen molar-refractivity contribution in [3.05, 3.63) is 39.9 Å². The van der Waals surface area contributed by atoms with Crippen molar-refractivity contribution in [2.24, 2.45) is 0 Å². The maximum absolute atomic E-state index is 10.8. The zero-order valence-electron chi connectivity index (χ0n) is 12.2. The first-order valence-electron chi connectivity index (χ1n) is 7.29. The summed E-state index contributed by atoms with van der Waals surface area (Å²) in [5.41, 5.74) is 1.12. The van der Waals surface area contributed by atoms with Crippen molar-refractivity contribution in [3.8, 4) is 0 Å². The molecule has 0 radical (unpaired) electrons. The van der Waals surface area contributed by atoms with Gasteiger partial charge in [-0.05, 0) is 45.3 Å². The van der Waals surface area contributed by atoms with Gasteiger partial charge >= 0.3 is 0 Å². The molecule has 0 amide bonds. The Morgan fingerprint density at radius 2 is 2.05 bits per heavy atom. The second-order valence-corrected chi connectivity index (χ2v) is 5.57. The van der Waals surface area contributed by atoms with Gasteiger partial charge in [-0.25, -0.2) is 0 Å². The number of rotatable bonds is 6. The smallest absolute Gasteiger partial charge is 0.269 e. The molecule has 110 valence electrons. The molecule has 1 N–H and O–H groups in total.